The first-order chi connectivity index (χ1) is 11.1. The summed E-state index contributed by atoms with van der Waals surface area (Å²) in [6, 6.07) is 6.62. The number of carbonyl (C=O) groups excluding carboxylic acids is 2. The number of hydrogen-bond acceptors (Lipinski definition) is 3. The Morgan fingerprint density at radius 2 is 2.22 bits per heavy atom. The van der Waals surface area contributed by atoms with Gasteiger partial charge in [-0.2, -0.15) is 5.10 Å². The standard InChI is InChI=1S/C16H17ClN4O2/c17-12-4-3-5-13(8-12)20-15(22)16(23)21-7-2-1-6-14(21)11-9-18-19-10-11/h3-5,8-10,14H,1-2,6-7H2,(H,18,19)(H,20,22). The van der Waals surface area contributed by atoms with Crippen molar-refractivity contribution in [2.24, 2.45) is 0 Å². The number of amides is 2. The zero-order valence-electron chi connectivity index (χ0n) is 12.5. The van der Waals surface area contributed by atoms with E-state index in [9.17, 15) is 9.59 Å². The lowest BCUT2D eigenvalue weighted by molar-refractivity contribution is -0.145. The van der Waals surface area contributed by atoms with Crippen LogP contribution in [0.5, 0.6) is 0 Å². The van der Waals surface area contributed by atoms with E-state index in [4.69, 9.17) is 11.6 Å². The molecule has 7 heteroatoms. The Hall–Kier alpha value is -2.34. The molecule has 6 nitrogen and oxygen atoms in total. The van der Waals surface area contributed by atoms with Crippen LogP contribution >= 0.6 is 11.6 Å². The smallest absolute Gasteiger partial charge is 0.313 e. The Bertz CT molecular complexity index is 702. The van der Waals surface area contributed by atoms with E-state index in [0.717, 1.165) is 24.8 Å². The predicted molar refractivity (Wildman–Crippen MR) is 87.0 cm³/mol. The van der Waals surface area contributed by atoms with Crippen LogP contribution in [0.25, 0.3) is 0 Å². The van der Waals surface area contributed by atoms with Crippen molar-refractivity contribution in [1.29, 1.82) is 0 Å². The number of anilines is 1. The van der Waals surface area contributed by atoms with E-state index in [2.05, 4.69) is 15.5 Å². The number of halogens is 1. The third-order valence-electron chi connectivity index (χ3n) is 3.94. The molecule has 1 unspecified atom stereocenters. The van der Waals surface area contributed by atoms with E-state index in [1.165, 1.54) is 0 Å². The highest BCUT2D eigenvalue weighted by atomic mass is 35.5. The summed E-state index contributed by atoms with van der Waals surface area (Å²) in [6.45, 7) is 0.567. The number of aromatic amines is 1. The molecule has 0 spiro atoms. The zero-order valence-corrected chi connectivity index (χ0v) is 13.2. The largest absolute Gasteiger partial charge is 0.327 e. The molecule has 1 aliphatic rings. The Morgan fingerprint density at radius 1 is 1.35 bits per heavy atom. The monoisotopic (exact) mass is 332 g/mol. The number of hydrogen-bond donors (Lipinski definition) is 2. The molecular formula is C16H17ClN4O2. The second-order valence-electron chi connectivity index (χ2n) is 5.51. The molecule has 0 bridgehead atoms. The van der Waals surface area contributed by atoms with Gasteiger partial charge in [-0.3, -0.25) is 14.7 Å². The fraction of sp³-hybridized carbons (Fsp3) is 0.312. The van der Waals surface area contributed by atoms with Gasteiger partial charge in [0.25, 0.3) is 0 Å². The summed E-state index contributed by atoms with van der Waals surface area (Å²) in [5.41, 5.74) is 1.43. The van der Waals surface area contributed by atoms with E-state index in [0.29, 0.717) is 17.3 Å². The maximum atomic E-state index is 12.5. The van der Waals surface area contributed by atoms with Crippen LogP contribution in [0, 0.1) is 0 Å². The molecule has 2 N–H and O–H groups in total. The van der Waals surface area contributed by atoms with Crippen LogP contribution in [0.2, 0.25) is 5.02 Å². The lowest BCUT2D eigenvalue weighted by atomic mass is 9.97. The van der Waals surface area contributed by atoms with Crippen LogP contribution in [0.4, 0.5) is 5.69 Å². The average molecular weight is 333 g/mol. The third-order valence-corrected chi connectivity index (χ3v) is 4.18. The van der Waals surface area contributed by atoms with E-state index in [1.54, 1.807) is 41.6 Å². The first-order valence-electron chi connectivity index (χ1n) is 7.51. The highest BCUT2D eigenvalue weighted by Crippen LogP contribution is 2.30. The second-order valence-corrected chi connectivity index (χ2v) is 5.94. The molecule has 1 saturated heterocycles. The van der Waals surface area contributed by atoms with Gasteiger partial charge < -0.3 is 10.2 Å². The number of nitrogens with zero attached hydrogens (tertiary/aromatic N) is 2. The van der Waals surface area contributed by atoms with Crippen molar-refractivity contribution in [2.45, 2.75) is 25.3 Å². The molecular weight excluding hydrogens is 316 g/mol. The second kappa shape index (κ2) is 6.83. The SMILES string of the molecule is O=C(Nc1cccc(Cl)c1)C(=O)N1CCCCC1c1cn[nH]c1. The van der Waals surface area contributed by atoms with Gasteiger partial charge in [-0.05, 0) is 37.5 Å². The zero-order chi connectivity index (χ0) is 16.2. The molecule has 2 heterocycles. The molecule has 2 amide bonds. The van der Waals surface area contributed by atoms with Gasteiger partial charge >= 0.3 is 11.8 Å². The summed E-state index contributed by atoms with van der Waals surface area (Å²) in [6.07, 6.45) is 6.21. The number of likely N-dealkylation sites (tertiary alicyclic amines) is 1. The van der Waals surface area contributed by atoms with Crippen molar-refractivity contribution >= 4 is 29.1 Å². The molecule has 3 rings (SSSR count). The fourth-order valence-electron chi connectivity index (χ4n) is 2.85. The third kappa shape index (κ3) is 3.53. The highest BCUT2D eigenvalue weighted by molar-refractivity contribution is 6.39. The Balaban J connectivity index is 1.73. The van der Waals surface area contributed by atoms with Gasteiger partial charge in [0, 0.05) is 29.0 Å². The van der Waals surface area contributed by atoms with E-state index in [1.807, 2.05) is 0 Å². The molecule has 1 aromatic heterocycles. The van der Waals surface area contributed by atoms with E-state index in [-0.39, 0.29) is 6.04 Å². The maximum Gasteiger partial charge on any atom is 0.313 e. The van der Waals surface area contributed by atoms with Crippen molar-refractivity contribution in [2.75, 3.05) is 11.9 Å². The normalized spacial score (nSPS) is 17.8. The van der Waals surface area contributed by atoms with Crippen LogP contribution in [-0.2, 0) is 9.59 Å². The molecule has 0 aliphatic carbocycles. The van der Waals surface area contributed by atoms with Gasteiger partial charge in [-0.25, -0.2) is 0 Å². The first-order valence-corrected chi connectivity index (χ1v) is 7.89. The van der Waals surface area contributed by atoms with Crippen LogP contribution in [0.1, 0.15) is 30.9 Å². The van der Waals surface area contributed by atoms with Crippen molar-refractivity contribution in [1.82, 2.24) is 15.1 Å². The number of piperidine rings is 1. The first kappa shape index (κ1) is 15.6. The van der Waals surface area contributed by atoms with Gasteiger partial charge in [-0.15, -0.1) is 0 Å². The Labute approximate surface area is 138 Å². The van der Waals surface area contributed by atoms with Crippen LogP contribution in [0.3, 0.4) is 0 Å². The van der Waals surface area contributed by atoms with Crippen LogP contribution in [-0.4, -0.2) is 33.5 Å². The van der Waals surface area contributed by atoms with Gasteiger partial charge in [0.05, 0.1) is 12.2 Å². The van der Waals surface area contributed by atoms with E-state index >= 15 is 0 Å². The summed E-state index contributed by atoms with van der Waals surface area (Å²) >= 11 is 5.89. The highest BCUT2D eigenvalue weighted by Gasteiger charge is 2.32. The summed E-state index contributed by atoms with van der Waals surface area (Å²) in [4.78, 5) is 26.4. The fourth-order valence-corrected chi connectivity index (χ4v) is 3.04. The minimum atomic E-state index is -0.650. The lowest BCUT2D eigenvalue weighted by Crippen LogP contribution is -2.44. The Kier molecular flexibility index (Phi) is 4.62. The molecule has 1 atom stereocenters. The van der Waals surface area contributed by atoms with E-state index < -0.39 is 11.8 Å². The Morgan fingerprint density at radius 3 is 2.96 bits per heavy atom. The lowest BCUT2D eigenvalue weighted by Gasteiger charge is -2.34. The van der Waals surface area contributed by atoms with Crippen molar-refractivity contribution < 1.29 is 9.59 Å². The number of benzene rings is 1. The van der Waals surface area contributed by atoms with Crippen LogP contribution < -0.4 is 5.32 Å². The molecule has 2 aromatic rings. The molecule has 1 fully saturated rings. The average Bonchev–Trinajstić information content (AvgIpc) is 3.08. The minimum Gasteiger partial charge on any atom is -0.327 e. The van der Waals surface area contributed by atoms with Crippen molar-refractivity contribution in [3.8, 4) is 0 Å². The van der Waals surface area contributed by atoms with Crippen LogP contribution in [0.15, 0.2) is 36.7 Å². The van der Waals surface area contributed by atoms with Crippen molar-refractivity contribution in [3.05, 3.63) is 47.2 Å². The summed E-state index contributed by atoms with van der Waals surface area (Å²) in [7, 11) is 0. The number of rotatable bonds is 2. The summed E-state index contributed by atoms with van der Waals surface area (Å²) in [5, 5.41) is 9.81. The minimum absolute atomic E-state index is 0.111. The number of H-pyrrole nitrogens is 1. The number of nitrogens with one attached hydrogen (secondary N) is 2. The summed E-state index contributed by atoms with van der Waals surface area (Å²) in [5.74, 6) is -1.18. The topological polar surface area (TPSA) is 78.1 Å². The van der Waals surface area contributed by atoms with Crippen molar-refractivity contribution in [3.63, 3.8) is 0 Å². The predicted octanol–water partition coefficient (Wildman–Crippen LogP) is 2.76. The molecule has 1 aliphatic heterocycles. The van der Waals surface area contributed by atoms with Gasteiger partial charge in [0.2, 0.25) is 0 Å². The summed E-state index contributed by atoms with van der Waals surface area (Å²) < 4.78 is 0. The van der Waals surface area contributed by atoms with Gasteiger partial charge in [0.15, 0.2) is 0 Å². The number of carbonyl (C=O) groups is 2. The molecule has 0 saturated carbocycles. The molecule has 120 valence electrons. The maximum absolute atomic E-state index is 12.5. The van der Waals surface area contributed by atoms with Gasteiger partial charge in [-0.1, -0.05) is 17.7 Å². The molecule has 23 heavy (non-hydrogen) atoms. The molecule has 0 radical (unpaired) electrons. The molecule has 1 aromatic carbocycles. The number of aromatic nitrogens is 2. The quantitative estimate of drug-likeness (QED) is 0.830. The van der Waals surface area contributed by atoms with Gasteiger partial charge in [0.1, 0.15) is 0 Å².